The van der Waals surface area contributed by atoms with Gasteiger partial charge in [-0.1, -0.05) is 0 Å². The van der Waals surface area contributed by atoms with Crippen LogP contribution in [0.5, 0.6) is 0 Å². The summed E-state index contributed by atoms with van der Waals surface area (Å²) in [6.07, 6.45) is 0. The summed E-state index contributed by atoms with van der Waals surface area (Å²) in [5.41, 5.74) is -0.174. The van der Waals surface area contributed by atoms with Crippen LogP contribution in [0.15, 0.2) is 33.6 Å². The van der Waals surface area contributed by atoms with Crippen molar-refractivity contribution < 1.29 is 36.7 Å². The molecule has 11 heteroatoms. The number of hydrogen-bond donors (Lipinski definition) is 2. The fraction of sp³-hybridized carbons (Fsp3) is 0.316. The van der Waals surface area contributed by atoms with Crippen LogP contribution in [0.3, 0.4) is 0 Å². The number of sulfonamides is 1. The summed E-state index contributed by atoms with van der Waals surface area (Å²) in [7, 11) is -4.19. The van der Waals surface area contributed by atoms with Crippen molar-refractivity contribution in [2.75, 3.05) is 23.3 Å². The number of amides is 1. The van der Waals surface area contributed by atoms with E-state index in [1.807, 2.05) is 0 Å². The maximum Gasteiger partial charge on any atom is 0.344 e. The molecule has 0 fully saturated rings. The third kappa shape index (κ3) is 5.17. The first kappa shape index (κ1) is 22.9. The second-order valence-electron chi connectivity index (χ2n) is 5.99. The quantitative estimate of drug-likeness (QED) is 0.599. The zero-order valence-corrected chi connectivity index (χ0v) is 17.7. The predicted molar refractivity (Wildman–Crippen MR) is 107 cm³/mol. The molecule has 1 heterocycles. The molecule has 0 atom stereocenters. The predicted octanol–water partition coefficient (Wildman–Crippen LogP) is 2.70. The lowest BCUT2D eigenvalue weighted by atomic mass is 10.1. The molecule has 2 rings (SSSR count). The molecule has 0 saturated heterocycles. The number of aryl methyl sites for hydroxylation is 1. The number of carbonyl (C=O) groups excluding carboxylic acids is 3. The lowest BCUT2D eigenvalue weighted by Gasteiger charge is -2.09. The summed E-state index contributed by atoms with van der Waals surface area (Å²) in [6.45, 7) is 5.93. The van der Waals surface area contributed by atoms with E-state index >= 15 is 0 Å². The Morgan fingerprint density at radius 2 is 1.50 bits per heavy atom. The normalized spacial score (nSPS) is 10.9. The van der Waals surface area contributed by atoms with Crippen molar-refractivity contribution in [2.45, 2.75) is 32.6 Å². The highest BCUT2D eigenvalue weighted by molar-refractivity contribution is 7.92. The van der Waals surface area contributed by atoms with Crippen LogP contribution in [0.25, 0.3) is 0 Å². The Hall–Kier alpha value is -3.34. The summed E-state index contributed by atoms with van der Waals surface area (Å²) >= 11 is 0. The van der Waals surface area contributed by atoms with Gasteiger partial charge >= 0.3 is 11.9 Å². The maximum absolute atomic E-state index is 12.8. The fourth-order valence-corrected chi connectivity index (χ4v) is 3.57. The number of anilines is 2. The van der Waals surface area contributed by atoms with Crippen LogP contribution >= 0.6 is 0 Å². The van der Waals surface area contributed by atoms with E-state index in [2.05, 4.69) is 10.0 Å². The highest BCUT2D eigenvalue weighted by atomic mass is 32.2. The zero-order chi connectivity index (χ0) is 22.5. The molecule has 0 aliphatic heterocycles. The average Bonchev–Trinajstić information content (AvgIpc) is 2.97. The van der Waals surface area contributed by atoms with Gasteiger partial charge in [0, 0.05) is 12.6 Å². The highest BCUT2D eigenvalue weighted by Crippen LogP contribution is 2.31. The number of ether oxygens (including phenoxy) is 2. The zero-order valence-electron chi connectivity index (χ0n) is 16.9. The number of esters is 2. The van der Waals surface area contributed by atoms with Crippen molar-refractivity contribution >= 4 is 39.4 Å². The van der Waals surface area contributed by atoms with Crippen LogP contribution in [0.1, 0.15) is 47.2 Å². The first-order chi connectivity index (χ1) is 14.1. The molecule has 2 aromatic rings. The molecule has 1 aromatic heterocycles. The molecule has 0 spiro atoms. The fourth-order valence-electron chi connectivity index (χ4n) is 2.57. The molecule has 30 heavy (non-hydrogen) atoms. The van der Waals surface area contributed by atoms with E-state index in [0.29, 0.717) is 5.69 Å². The highest BCUT2D eigenvalue weighted by Gasteiger charge is 2.32. The van der Waals surface area contributed by atoms with Gasteiger partial charge in [-0.05, 0) is 45.0 Å². The third-order valence-corrected chi connectivity index (χ3v) is 5.10. The van der Waals surface area contributed by atoms with Crippen LogP contribution in [0.2, 0.25) is 0 Å². The monoisotopic (exact) mass is 438 g/mol. The topological polar surface area (TPSA) is 141 Å². The van der Waals surface area contributed by atoms with Gasteiger partial charge in [0.05, 0.1) is 18.1 Å². The third-order valence-electron chi connectivity index (χ3n) is 3.76. The van der Waals surface area contributed by atoms with Crippen LogP contribution < -0.4 is 10.0 Å². The van der Waals surface area contributed by atoms with Crippen molar-refractivity contribution in [2.24, 2.45) is 0 Å². The number of nitrogens with one attached hydrogen (secondary N) is 2. The molecule has 10 nitrogen and oxygen atoms in total. The molecule has 0 bridgehead atoms. The van der Waals surface area contributed by atoms with Gasteiger partial charge in [-0.3, -0.25) is 4.79 Å². The van der Waals surface area contributed by atoms with E-state index in [1.54, 1.807) is 13.8 Å². The Labute approximate surface area is 173 Å². The van der Waals surface area contributed by atoms with Crippen molar-refractivity contribution in [3.8, 4) is 0 Å². The first-order valence-electron chi connectivity index (χ1n) is 8.98. The molecule has 1 aromatic carbocycles. The van der Waals surface area contributed by atoms with Crippen molar-refractivity contribution in [1.82, 2.24) is 0 Å². The molecule has 0 saturated carbocycles. The van der Waals surface area contributed by atoms with Gasteiger partial charge in [0.25, 0.3) is 10.0 Å². The van der Waals surface area contributed by atoms with E-state index in [1.165, 1.54) is 38.1 Å². The van der Waals surface area contributed by atoms with E-state index in [9.17, 15) is 22.8 Å². The molecule has 2 N–H and O–H groups in total. The van der Waals surface area contributed by atoms with E-state index < -0.39 is 27.8 Å². The molecule has 0 radical (unpaired) electrons. The van der Waals surface area contributed by atoms with Crippen LogP contribution in [-0.2, 0) is 24.3 Å². The molecular formula is C19H22N2O8S. The standard InChI is InChI=1S/C19H22N2O8S/c1-5-27-18(23)15-11(3)29-17(16(15)19(24)28-6-2)21-30(25,26)14-9-7-13(8-10-14)20-12(4)22/h7-10,21H,5-6H2,1-4H3,(H,20,22). The number of rotatable bonds is 8. The van der Waals surface area contributed by atoms with Gasteiger partial charge in [-0.2, -0.15) is 0 Å². The molecule has 0 aliphatic rings. The number of hydrogen-bond acceptors (Lipinski definition) is 8. The Kier molecular flexibility index (Phi) is 7.22. The van der Waals surface area contributed by atoms with Crippen molar-refractivity contribution in [1.29, 1.82) is 0 Å². The lowest BCUT2D eigenvalue weighted by molar-refractivity contribution is -0.114. The first-order valence-corrected chi connectivity index (χ1v) is 10.5. The van der Waals surface area contributed by atoms with Crippen LogP contribution in [-0.4, -0.2) is 39.5 Å². The minimum atomic E-state index is -4.19. The van der Waals surface area contributed by atoms with Gasteiger partial charge < -0.3 is 19.2 Å². The van der Waals surface area contributed by atoms with Crippen LogP contribution in [0, 0.1) is 6.92 Å². The number of furan rings is 1. The number of benzene rings is 1. The molecule has 0 aliphatic carbocycles. The minimum absolute atomic E-state index is 0.00211. The summed E-state index contributed by atoms with van der Waals surface area (Å²) in [4.78, 5) is 35.6. The summed E-state index contributed by atoms with van der Waals surface area (Å²) in [6, 6.07) is 5.33. The summed E-state index contributed by atoms with van der Waals surface area (Å²) < 4.78 is 42.9. The van der Waals surface area contributed by atoms with Crippen molar-refractivity contribution in [3.63, 3.8) is 0 Å². The molecule has 162 valence electrons. The largest absolute Gasteiger partial charge is 0.462 e. The summed E-state index contributed by atoms with van der Waals surface area (Å²) in [5, 5.41) is 2.52. The van der Waals surface area contributed by atoms with E-state index in [4.69, 9.17) is 13.9 Å². The summed E-state index contributed by atoms with van der Waals surface area (Å²) in [5.74, 6) is -2.54. The lowest BCUT2D eigenvalue weighted by Crippen LogP contribution is -2.18. The minimum Gasteiger partial charge on any atom is -0.462 e. The second kappa shape index (κ2) is 9.44. The average molecular weight is 438 g/mol. The number of carbonyl (C=O) groups is 3. The molecule has 0 unspecified atom stereocenters. The second-order valence-corrected chi connectivity index (χ2v) is 7.67. The van der Waals surface area contributed by atoms with Gasteiger partial charge in [0.15, 0.2) is 0 Å². The van der Waals surface area contributed by atoms with Gasteiger partial charge in [-0.25, -0.2) is 22.7 Å². The molecular weight excluding hydrogens is 416 g/mol. The Morgan fingerprint density at radius 3 is 2.00 bits per heavy atom. The van der Waals surface area contributed by atoms with E-state index in [0.717, 1.165) is 0 Å². The Morgan fingerprint density at radius 1 is 0.967 bits per heavy atom. The van der Waals surface area contributed by atoms with Gasteiger partial charge in [-0.15, -0.1) is 0 Å². The smallest absolute Gasteiger partial charge is 0.344 e. The Bertz CT molecular complexity index is 1050. The van der Waals surface area contributed by atoms with Crippen LogP contribution in [0.4, 0.5) is 11.6 Å². The van der Waals surface area contributed by atoms with Gasteiger partial charge in [0.2, 0.25) is 11.8 Å². The SMILES string of the molecule is CCOC(=O)c1c(C)oc(NS(=O)(=O)c2ccc(NC(C)=O)cc2)c1C(=O)OCC. The van der Waals surface area contributed by atoms with E-state index in [-0.39, 0.29) is 40.9 Å². The van der Waals surface area contributed by atoms with Gasteiger partial charge in [0.1, 0.15) is 16.9 Å². The Balaban J connectivity index is 2.45. The molecule has 1 amide bonds. The van der Waals surface area contributed by atoms with Crippen molar-refractivity contribution in [3.05, 3.63) is 41.2 Å². The maximum atomic E-state index is 12.8.